The van der Waals surface area contributed by atoms with Crippen LogP contribution in [0.4, 0.5) is 4.79 Å². The molecule has 2 rings (SSSR count). The summed E-state index contributed by atoms with van der Waals surface area (Å²) in [5.74, 6) is -0.206. The fourth-order valence-electron chi connectivity index (χ4n) is 2.70. The molecule has 0 unspecified atom stereocenters. The van der Waals surface area contributed by atoms with Crippen molar-refractivity contribution < 1.29 is 17.9 Å². The number of amides is 1. The number of piperazine rings is 1. The number of carbonyl (C=O) groups excluding carboxylic acids is 1. The monoisotopic (exact) mass is 422 g/mol. The smallest absolute Gasteiger partial charge is 0.410 e. The summed E-state index contributed by atoms with van der Waals surface area (Å²) in [6.45, 7) is 7.92. The van der Waals surface area contributed by atoms with Gasteiger partial charge in [-0.1, -0.05) is 29.3 Å². The van der Waals surface area contributed by atoms with Gasteiger partial charge < -0.3 is 9.64 Å². The number of sulfonamides is 1. The van der Waals surface area contributed by atoms with Crippen LogP contribution in [0.1, 0.15) is 33.3 Å². The summed E-state index contributed by atoms with van der Waals surface area (Å²) in [5, 5.41) is 0.775. The molecule has 1 atom stereocenters. The Labute approximate surface area is 165 Å². The Morgan fingerprint density at radius 3 is 2.46 bits per heavy atom. The summed E-state index contributed by atoms with van der Waals surface area (Å²) in [6.07, 6.45) is -0.428. The van der Waals surface area contributed by atoms with Crippen molar-refractivity contribution in [3.8, 4) is 0 Å². The normalized spacial score (nSPS) is 19.5. The third kappa shape index (κ3) is 5.49. The molecular weight excluding hydrogens is 399 g/mol. The van der Waals surface area contributed by atoms with Crippen molar-refractivity contribution in [2.45, 2.75) is 45.1 Å². The molecule has 1 heterocycles. The molecule has 1 aromatic carbocycles. The molecule has 0 N–H and O–H groups in total. The lowest BCUT2D eigenvalue weighted by Crippen LogP contribution is -2.56. The standard InChI is InChI=1S/C17H24Cl2N2O4S/c1-12-10-20(7-8-21(12)16(22)25-17(2,3)4)26(23,24)11-13-5-6-14(18)9-15(13)19/h5-6,9,12H,7-8,10-11H2,1-4H3/t12-/m0/s1. The van der Waals surface area contributed by atoms with Gasteiger partial charge in [0.1, 0.15) is 5.60 Å². The van der Waals surface area contributed by atoms with Gasteiger partial charge in [0.05, 0.1) is 5.75 Å². The van der Waals surface area contributed by atoms with Crippen LogP contribution in [0.3, 0.4) is 0 Å². The highest BCUT2D eigenvalue weighted by molar-refractivity contribution is 7.88. The van der Waals surface area contributed by atoms with E-state index in [1.807, 2.05) is 0 Å². The average molecular weight is 423 g/mol. The second kappa shape index (κ2) is 7.92. The SMILES string of the molecule is C[C@H]1CN(S(=O)(=O)Cc2ccc(Cl)cc2Cl)CCN1C(=O)OC(C)(C)C. The number of ether oxygens (including phenoxy) is 1. The Hall–Kier alpha value is -1.02. The molecule has 0 aliphatic carbocycles. The zero-order valence-electron chi connectivity index (χ0n) is 15.3. The Balaban J connectivity index is 2.06. The zero-order valence-corrected chi connectivity index (χ0v) is 17.7. The van der Waals surface area contributed by atoms with E-state index in [2.05, 4.69) is 0 Å². The summed E-state index contributed by atoms with van der Waals surface area (Å²) in [5.41, 5.74) is -0.0935. The summed E-state index contributed by atoms with van der Waals surface area (Å²) < 4.78 is 32.3. The molecule has 0 radical (unpaired) electrons. The molecule has 0 saturated carbocycles. The molecule has 9 heteroatoms. The molecule has 26 heavy (non-hydrogen) atoms. The van der Waals surface area contributed by atoms with Crippen molar-refractivity contribution in [1.82, 2.24) is 9.21 Å². The zero-order chi connectivity index (χ0) is 19.7. The van der Waals surface area contributed by atoms with Crippen LogP contribution in [0.5, 0.6) is 0 Å². The minimum Gasteiger partial charge on any atom is -0.444 e. The quantitative estimate of drug-likeness (QED) is 0.743. The van der Waals surface area contributed by atoms with Gasteiger partial charge in [0.25, 0.3) is 0 Å². The number of halogens is 2. The van der Waals surface area contributed by atoms with Crippen LogP contribution in [-0.4, -0.2) is 55.0 Å². The van der Waals surface area contributed by atoms with E-state index in [-0.39, 0.29) is 31.4 Å². The van der Waals surface area contributed by atoms with Gasteiger partial charge in [0, 0.05) is 35.7 Å². The van der Waals surface area contributed by atoms with E-state index in [1.54, 1.807) is 44.7 Å². The first-order valence-corrected chi connectivity index (χ1v) is 10.7. The first kappa shape index (κ1) is 21.3. The number of hydrogen-bond donors (Lipinski definition) is 0. The molecule has 1 fully saturated rings. The Bertz CT molecular complexity index is 777. The lowest BCUT2D eigenvalue weighted by Gasteiger charge is -2.39. The summed E-state index contributed by atoms with van der Waals surface area (Å²) in [4.78, 5) is 13.8. The van der Waals surface area contributed by atoms with Crippen molar-refractivity contribution in [1.29, 1.82) is 0 Å². The van der Waals surface area contributed by atoms with E-state index in [0.717, 1.165) is 0 Å². The van der Waals surface area contributed by atoms with Crippen LogP contribution in [0, 0.1) is 0 Å². The van der Waals surface area contributed by atoms with Crippen molar-refractivity contribution in [2.75, 3.05) is 19.6 Å². The fraction of sp³-hybridized carbons (Fsp3) is 0.588. The molecule has 0 aromatic heterocycles. The third-order valence-corrected chi connectivity index (χ3v) is 6.35. The van der Waals surface area contributed by atoms with E-state index in [1.165, 1.54) is 10.4 Å². The van der Waals surface area contributed by atoms with Crippen molar-refractivity contribution in [3.63, 3.8) is 0 Å². The summed E-state index contributed by atoms with van der Waals surface area (Å²) in [6, 6.07) is 4.47. The van der Waals surface area contributed by atoms with Gasteiger partial charge in [0.2, 0.25) is 10.0 Å². The molecule has 0 bridgehead atoms. The Morgan fingerprint density at radius 2 is 1.92 bits per heavy atom. The van der Waals surface area contributed by atoms with Crippen molar-refractivity contribution in [3.05, 3.63) is 33.8 Å². The van der Waals surface area contributed by atoms with E-state index in [4.69, 9.17) is 27.9 Å². The lowest BCUT2D eigenvalue weighted by molar-refractivity contribution is 0.00857. The minimum absolute atomic E-state index is 0.206. The number of rotatable bonds is 3. The van der Waals surface area contributed by atoms with Crippen molar-refractivity contribution >= 4 is 39.3 Å². The topological polar surface area (TPSA) is 66.9 Å². The predicted octanol–water partition coefficient (Wildman–Crippen LogP) is 3.76. The van der Waals surface area contributed by atoms with Gasteiger partial charge in [-0.15, -0.1) is 0 Å². The highest BCUT2D eigenvalue weighted by Gasteiger charge is 2.35. The van der Waals surface area contributed by atoms with Crippen molar-refractivity contribution in [2.24, 2.45) is 0 Å². The predicted molar refractivity (Wildman–Crippen MR) is 103 cm³/mol. The van der Waals surface area contributed by atoms with E-state index >= 15 is 0 Å². The van der Waals surface area contributed by atoms with Crippen LogP contribution < -0.4 is 0 Å². The molecule has 1 aliphatic heterocycles. The van der Waals surface area contributed by atoms with Gasteiger partial charge in [-0.05, 0) is 45.4 Å². The number of carbonyl (C=O) groups is 1. The lowest BCUT2D eigenvalue weighted by atomic mass is 10.2. The molecule has 1 saturated heterocycles. The van der Waals surface area contributed by atoms with Crippen LogP contribution in [-0.2, 0) is 20.5 Å². The van der Waals surface area contributed by atoms with Gasteiger partial charge in [-0.2, -0.15) is 4.31 Å². The first-order valence-electron chi connectivity index (χ1n) is 8.30. The second-order valence-electron chi connectivity index (χ2n) is 7.37. The van der Waals surface area contributed by atoms with E-state index in [9.17, 15) is 13.2 Å². The fourth-order valence-corrected chi connectivity index (χ4v) is 4.88. The van der Waals surface area contributed by atoms with Gasteiger partial charge >= 0.3 is 6.09 Å². The maximum Gasteiger partial charge on any atom is 0.410 e. The number of benzene rings is 1. The molecule has 146 valence electrons. The van der Waals surface area contributed by atoms with E-state index < -0.39 is 21.7 Å². The molecule has 1 amide bonds. The number of nitrogens with zero attached hydrogens (tertiary/aromatic N) is 2. The maximum atomic E-state index is 12.7. The molecule has 0 spiro atoms. The van der Waals surface area contributed by atoms with Crippen LogP contribution in [0.2, 0.25) is 10.0 Å². The molecule has 6 nitrogen and oxygen atoms in total. The first-order chi connectivity index (χ1) is 11.9. The third-order valence-electron chi connectivity index (χ3n) is 3.96. The van der Waals surface area contributed by atoms with Crippen LogP contribution in [0.25, 0.3) is 0 Å². The van der Waals surface area contributed by atoms with Crippen LogP contribution >= 0.6 is 23.2 Å². The maximum absolute atomic E-state index is 12.7. The highest BCUT2D eigenvalue weighted by Crippen LogP contribution is 2.25. The van der Waals surface area contributed by atoms with Gasteiger partial charge in [-0.3, -0.25) is 0 Å². The summed E-state index contributed by atoms with van der Waals surface area (Å²) in [7, 11) is -3.56. The largest absolute Gasteiger partial charge is 0.444 e. The summed E-state index contributed by atoms with van der Waals surface area (Å²) >= 11 is 11.9. The Kier molecular flexibility index (Phi) is 6.48. The van der Waals surface area contributed by atoms with Crippen LogP contribution in [0.15, 0.2) is 18.2 Å². The molecule has 1 aliphatic rings. The molecular formula is C17H24Cl2N2O4S. The highest BCUT2D eigenvalue weighted by atomic mass is 35.5. The number of hydrogen-bond acceptors (Lipinski definition) is 4. The van der Waals surface area contributed by atoms with Gasteiger partial charge in [0.15, 0.2) is 0 Å². The second-order valence-corrected chi connectivity index (χ2v) is 10.2. The molecule has 1 aromatic rings. The van der Waals surface area contributed by atoms with Gasteiger partial charge in [-0.25, -0.2) is 13.2 Å². The Morgan fingerprint density at radius 1 is 1.27 bits per heavy atom. The average Bonchev–Trinajstić information content (AvgIpc) is 2.48. The minimum atomic E-state index is -3.56. The van der Waals surface area contributed by atoms with E-state index in [0.29, 0.717) is 15.6 Å².